The zero-order valence-electron chi connectivity index (χ0n) is 17.5. The molecule has 0 N–H and O–H groups in total. The molecule has 0 spiro atoms. The van der Waals surface area contributed by atoms with E-state index in [4.69, 9.17) is 9.72 Å². The normalized spacial score (nSPS) is 10.6. The molecule has 31 heavy (non-hydrogen) atoms. The van der Waals surface area contributed by atoms with Gasteiger partial charge in [0.15, 0.2) is 5.13 Å². The number of methoxy groups -OCH3 is 1. The van der Waals surface area contributed by atoms with Crippen molar-refractivity contribution < 1.29 is 9.53 Å². The number of thiazole rings is 1. The van der Waals surface area contributed by atoms with Gasteiger partial charge in [0, 0.05) is 31.0 Å². The van der Waals surface area contributed by atoms with Crippen LogP contribution in [0, 0.1) is 0 Å². The summed E-state index contributed by atoms with van der Waals surface area (Å²) in [5, 5.41) is 0.719. The van der Waals surface area contributed by atoms with Crippen LogP contribution in [-0.4, -0.2) is 34.1 Å². The first-order valence-corrected chi connectivity index (χ1v) is 10.8. The third-order valence-corrected chi connectivity index (χ3v) is 6.04. The molecular weight excluding hydrogens is 432 g/mol. The average Bonchev–Trinajstić information content (AvgIpc) is 3.45. The van der Waals surface area contributed by atoms with E-state index in [2.05, 4.69) is 24.0 Å². The van der Waals surface area contributed by atoms with E-state index < -0.39 is 0 Å². The molecule has 0 atom stereocenters. The second kappa shape index (κ2) is 10.4. The minimum absolute atomic E-state index is 0. The van der Waals surface area contributed by atoms with Crippen LogP contribution in [0.15, 0.2) is 61.2 Å². The van der Waals surface area contributed by atoms with Crippen LogP contribution in [0.2, 0.25) is 0 Å². The predicted molar refractivity (Wildman–Crippen MR) is 128 cm³/mol. The maximum Gasteiger partial charge on any atom is 0.260 e. The molecule has 0 fully saturated rings. The largest absolute Gasteiger partial charge is 0.497 e. The van der Waals surface area contributed by atoms with Gasteiger partial charge >= 0.3 is 0 Å². The molecule has 0 aliphatic rings. The molecule has 0 saturated carbocycles. The summed E-state index contributed by atoms with van der Waals surface area (Å²) in [6.45, 7) is 3.49. The molecule has 0 aliphatic heterocycles. The number of imidazole rings is 1. The Morgan fingerprint density at radius 2 is 2.10 bits per heavy atom. The van der Waals surface area contributed by atoms with Crippen molar-refractivity contribution in [2.75, 3.05) is 18.6 Å². The van der Waals surface area contributed by atoms with Crippen molar-refractivity contribution in [1.29, 1.82) is 0 Å². The number of aryl methyl sites for hydroxylation is 2. The SMILES string of the molecule is CCc1ccc2nc(N(CCCn3ccnc3)C(=O)c3cccc(OC)c3)sc2c1.Cl. The Bertz CT molecular complexity index is 1140. The van der Waals surface area contributed by atoms with Gasteiger partial charge in [-0.3, -0.25) is 9.69 Å². The van der Waals surface area contributed by atoms with E-state index in [1.807, 2.05) is 35.0 Å². The highest BCUT2D eigenvalue weighted by atomic mass is 35.5. The molecule has 2 aromatic carbocycles. The molecular formula is C23H25ClN4O2S. The number of fused-ring (bicyclic) bond motifs is 1. The first-order chi connectivity index (χ1) is 14.7. The van der Waals surface area contributed by atoms with Crippen LogP contribution >= 0.6 is 23.7 Å². The van der Waals surface area contributed by atoms with Gasteiger partial charge in [-0.25, -0.2) is 9.97 Å². The van der Waals surface area contributed by atoms with Crippen molar-refractivity contribution >= 4 is 45.0 Å². The van der Waals surface area contributed by atoms with Crippen LogP contribution in [0.25, 0.3) is 10.2 Å². The number of benzene rings is 2. The van der Waals surface area contributed by atoms with E-state index in [1.165, 1.54) is 5.56 Å². The van der Waals surface area contributed by atoms with Crippen molar-refractivity contribution in [3.05, 3.63) is 72.3 Å². The molecule has 0 aliphatic carbocycles. The van der Waals surface area contributed by atoms with E-state index in [0.717, 1.165) is 34.7 Å². The molecule has 2 heterocycles. The highest BCUT2D eigenvalue weighted by Gasteiger charge is 2.21. The van der Waals surface area contributed by atoms with Gasteiger partial charge in [-0.05, 0) is 48.7 Å². The van der Waals surface area contributed by atoms with Gasteiger partial charge in [0.05, 0.1) is 23.7 Å². The van der Waals surface area contributed by atoms with Gasteiger partial charge in [-0.2, -0.15) is 0 Å². The summed E-state index contributed by atoms with van der Waals surface area (Å²) in [5.74, 6) is 0.588. The van der Waals surface area contributed by atoms with E-state index in [1.54, 1.807) is 41.9 Å². The zero-order valence-corrected chi connectivity index (χ0v) is 19.2. The Balaban J connectivity index is 0.00000272. The van der Waals surface area contributed by atoms with Gasteiger partial charge in [-0.15, -0.1) is 12.4 Å². The van der Waals surface area contributed by atoms with E-state index in [0.29, 0.717) is 17.9 Å². The molecule has 0 bridgehead atoms. The van der Waals surface area contributed by atoms with Crippen LogP contribution in [0.1, 0.15) is 29.3 Å². The highest BCUT2D eigenvalue weighted by Crippen LogP contribution is 2.31. The number of carbonyl (C=O) groups excluding carboxylic acids is 1. The number of rotatable bonds is 8. The molecule has 1 amide bonds. The van der Waals surface area contributed by atoms with Crippen molar-refractivity contribution in [3.8, 4) is 5.75 Å². The summed E-state index contributed by atoms with van der Waals surface area (Å²) in [5.41, 5.74) is 2.78. The Morgan fingerprint density at radius 3 is 2.84 bits per heavy atom. The summed E-state index contributed by atoms with van der Waals surface area (Å²) in [7, 11) is 1.60. The van der Waals surface area contributed by atoms with E-state index >= 15 is 0 Å². The van der Waals surface area contributed by atoms with Crippen molar-refractivity contribution in [2.24, 2.45) is 0 Å². The Kier molecular flexibility index (Phi) is 7.65. The standard InChI is InChI=1S/C23H24N4O2S.ClH/c1-3-17-8-9-20-21(14-17)30-23(25-20)27(12-5-11-26-13-10-24-16-26)22(28)18-6-4-7-19(15-18)29-2;/h4,6-10,13-16H,3,5,11-12H2,1-2H3;1H. The Labute approximate surface area is 191 Å². The van der Waals surface area contributed by atoms with Gasteiger partial charge in [0.25, 0.3) is 5.91 Å². The lowest BCUT2D eigenvalue weighted by atomic mass is 10.2. The number of amides is 1. The molecule has 162 valence electrons. The molecule has 4 aromatic rings. The van der Waals surface area contributed by atoms with Crippen molar-refractivity contribution in [1.82, 2.24) is 14.5 Å². The summed E-state index contributed by atoms with van der Waals surface area (Å²) in [6.07, 6.45) is 7.25. The lowest BCUT2D eigenvalue weighted by Gasteiger charge is -2.20. The second-order valence-electron chi connectivity index (χ2n) is 6.99. The summed E-state index contributed by atoms with van der Waals surface area (Å²) < 4.78 is 8.41. The lowest BCUT2D eigenvalue weighted by molar-refractivity contribution is 0.0986. The van der Waals surface area contributed by atoms with Crippen LogP contribution < -0.4 is 9.64 Å². The smallest absolute Gasteiger partial charge is 0.260 e. The number of ether oxygens (including phenoxy) is 1. The Hall–Kier alpha value is -2.90. The number of nitrogens with zero attached hydrogens (tertiary/aromatic N) is 4. The third-order valence-electron chi connectivity index (χ3n) is 5.00. The zero-order chi connectivity index (χ0) is 20.9. The molecule has 2 aromatic heterocycles. The fourth-order valence-corrected chi connectivity index (χ4v) is 4.37. The molecule has 4 rings (SSSR count). The van der Waals surface area contributed by atoms with Crippen LogP contribution in [0.3, 0.4) is 0 Å². The van der Waals surface area contributed by atoms with Crippen molar-refractivity contribution in [2.45, 2.75) is 26.3 Å². The quantitative estimate of drug-likeness (QED) is 0.364. The number of aromatic nitrogens is 3. The van der Waals surface area contributed by atoms with Gasteiger partial charge in [0.2, 0.25) is 0 Å². The topological polar surface area (TPSA) is 60.2 Å². The minimum atomic E-state index is -0.0747. The van der Waals surface area contributed by atoms with Gasteiger partial charge in [-0.1, -0.05) is 30.4 Å². The number of hydrogen-bond donors (Lipinski definition) is 0. The van der Waals surface area contributed by atoms with Gasteiger partial charge in [0.1, 0.15) is 5.75 Å². The van der Waals surface area contributed by atoms with Crippen LogP contribution in [0.5, 0.6) is 5.75 Å². The number of halogens is 1. The summed E-state index contributed by atoms with van der Waals surface area (Å²) >= 11 is 1.56. The molecule has 6 nitrogen and oxygen atoms in total. The second-order valence-corrected chi connectivity index (χ2v) is 8.00. The summed E-state index contributed by atoms with van der Waals surface area (Å²) in [6, 6.07) is 13.6. The molecule has 0 unspecified atom stereocenters. The summed E-state index contributed by atoms with van der Waals surface area (Å²) in [4.78, 5) is 24.1. The predicted octanol–water partition coefficient (Wildman–Crippen LogP) is 5.22. The van der Waals surface area contributed by atoms with Gasteiger partial charge < -0.3 is 9.30 Å². The average molecular weight is 457 g/mol. The van der Waals surface area contributed by atoms with Crippen LogP contribution in [0.4, 0.5) is 5.13 Å². The first kappa shape index (κ1) is 22.8. The number of carbonyl (C=O) groups is 1. The molecule has 0 radical (unpaired) electrons. The fourth-order valence-electron chi connectivity index (χ4n) is 3.32. The fraction of sp³-hybridized carbons (Fsp3) is 0.261. The lowest BCUT2D eigenvalue weighted by Crippen LogP contribution is -2.32. The van der Waals surface area contributed by atoms with E-state index in [-0.39, 0.29) is 18.3 Å². The third kappa shape index (κ3) is 5.24. The molecule has 0 saturated heterocycles. The van der Waals surface area contributed by atoms with E-state index in [9.17, 15) is 4.79 Å². The monoisotopic (exact) mass is 456 g/mol. The first-order valence-electron chi connectivity index (χ1n) is 9.99. The molecule has 8 heteroatoms. The minimum Gasteiger partial charge on any atom is -0.497 e. The maximum absolute atomic E-state index is 13.4. The highest BCUT2D eigenvalue weighted by molar-refractivity contribution is 7.22. The number of hydrogen-bond acceptors (Lipinski definition) is 5. The number of anilines is 1. The van der Waals surface area contributed by atoms with Crippen LogP contribution in [-0.2, 0) is 13.0 Å². The Morgan fingerprint density at radius 1 is 1.23 bits per heavy atom. The van der Waals surface area contributed by atoms with Crippen molar-refractivity contribution in [3.63, 3.8) is 0 Å². The maximum atomic E-state index is 13.4.